The van der Waals surface area contributed by atoms with Gasteiger partial charge in [-0.15, -0.1) is 0 Å². The van der Waals surface area contributed by atoms with Gasteiger partial charge in [0.2, 0.25) is 11.8 Å². The molecule has 0 saturated carbocycles. The molecule has 0 aliphatic carbocycles. The molecule has 1 aromatic rings. The minimum atomic E-state index is -0.206. The van der Waals surface area contributed by atoms with Gasteiger partial charge in [-0.3, -0.25) is 14.5 Å². The van der Waals surface area contributed by atoms with Crippen molar-refractivity contribution < 1.29 is 14.4 Å². The topological polar surface area (TPSA) is 73.0 Å². The largest absolute Gasteiger partial charge is 0.353 e. The average molecular weight is 337 g/mol. The Labute approximate surface area is 138 Å². The highest BCUT2D eigenvalue weighted by molar-refractivity contribution is 6.30. The van der Waals surface area contributed by atoms with Gasteiger partial charge in [0, 0.05) is 36.9 Å². The first-order chi connectivity index (χ1) is 11.0. The minimum absolute atomic E-state index is 0.00377. The molecule has 0 spiro atoms. The zero-order chi connectivity index (χ0) is 16.4. The lowest BCUT2D eigenvalue weighted by atomic mass is 10.3. The van der Waals surface area contributed by atoms with Gasteiger partial charge >= 0.3 is 6.03 Å². The van der Waals surface area contributed by atoms with E-state index in [0.717, 1.165) is 5.69 Å². The summed E-state index contributed by atoms with van der Waals surface area (Å²) in [7, 11) is 0. The quantitative estimate of drug-likeness (QED) is 0.875. The van der Waals surface area contributed by atoms with Crippen molar-refractivity contribution in [2.75, 3.05) is 44.2 Å². The number of urea groups is 1. The molecule has 0 unspecified atom stereocenters. The standard InChI is InChI=1S/C15H17ClN4O3/c16-11-1-3-12(4-2-11)20-8-7-19(15(20)23)10-14(22)18-6-5-17-13(21)9-18/h1-4H,5-10H2,(H,17,21). The van der Waals surface area contributed by atoms with Crippen LogP contribution in [-0.2, 0) is 9.59 Å². The SMILES string of the molecule is O=C1CN(C(=O)CN2CCN(c3ccc(Cl)cc3)C2=O)CCN1. The van der Waals surface area contributed by atoms with Gasteiger partial charge in [-0.1, -0.05) is 11.6 Å². The first-order valence-electron chi connectivity index (χ1n) is 7.41. The maximum absolute atomic E-state index is 12.4. The third-order valence-electron chi connectivity index (χ3n) is 3.95. The Bertz CT molecular complexity index is 634. The highest BCUT2D eigenvalue weighted by Crippen LogP contribution is 2.22. The Morgan fingerprint density at radius 2 is 1.87 bits per heavy atom. The van der Waals surface area contributed by atoms with E-state index < -0.39 is 0 Å². The lowest BCUT2D eigenvalue weighted by Gasteiger charge is -2.28. The fourth-order valence-corrected chi connectivity index (χ4v) is 2.83. The third-order valence-corrected chi connectivity index (χ3v) is 4.20. The van der Waals surface area contributed by atoms with E-state index in [0.29, 0.717) is 31.2 Å². The van der Waals surface area contributed by atoms with Crippen LogP contribution in [0.2, 0.25) is 5.02 Å². The minimum Gasteiger partial charge on any atom is -0.353 e. The summed E-state index contributed by atoms with van der Waals surface area (Å²) >= 11 is 5.85. The van der Waals surface area contributed by atoms with E-state index in [1.807, 2.05) is 0 Å². The zero-order valence-corrected chi connectivity index (χ0v) is 13.3. The van der Waals surface area contributed by atoms with Crippen molar-refractivity contribution in [2.24, 2.45) is 0 Å². The van der Waals surface area contributed by atoms with E-state index in [1.54, 1.807) is 29.2 Å². The number of carbonyl (C=O) groups is 3. The molecule has 0 radical (unpaired) electrons. The molecule has 1 aromatic carbocycles. The lowest BCUT2D eigenvalue weighted by molar-refractivity contribution is -0.138. The number of anilines is 1. The fraction of sp³-hybridized carbons (Fsp3) is 0.400. The lowest BCUT2D eigenvalue weighted by Crippen LogP contribution is -2.52. The molecule has 2 fully saturated rings. The molecule has 0 atom stereocenters. The molecule has 2 saturated heterocycles. The molecule has 122 valence electrons. The summed E-state index contributed by atoms with van der Waals surface area (Å²) in [4.78, 5) is 40.6. The van der Waals surface area contributed by atoms with Crippen molar-refractivity contribution in [3.8, 4) is 0 Å². The van der Waals surface area contributed by atoms with E-state index in [-0.39, 0.29) is 30.9 Å². The first kappa shape index (κ1) is 15.6. The van der Waals surface area contributed by atoms with E-state index >= 15 is 0 Å². The Morgan fingerprint density at radius 1 is 1.13 bits per heavy atom. The Morgan fingerprint density at radius 3 is 2.57 bits per heavy atom. The number of rotatable bonds is 3. The molecule has 2 heterocycles. The van der Waals surface area contributed by atoms with Crippen LogP contribution in [0, 0.1) is 0 Å². The number of nitrogens with one attached hydrogen (secondary N) is 1. The molecule has 7 nitrogen and oxygen atoms in total. The molecule has 1 N–H and O–H groups in total. The summed E-state index contributed by atoms with van der Waals surface area (Å²) in [5.74, 6) is -0.369. The van der Waals surface area contributed by atoms with Crippen LogP contribution in [0.5, 0.6) is 0 Å². The molecular formula is C15H17ClN4O3. The predicted octanol–water partition coefficient (Wildman–Crippen LogP) is 0.540. The molecular weight excluding hydrogens is 320 g/mol. The van der Waals surface area contributed by atoms with Gasteiger partial charge in [0.15, 0.2) is 0 Å². The predicted molar refractivity (Wildman–Crippen MR) is 85.4 cm³/mol. The molecule has 3 rings (SSSR count). The average Bonchev–Trinajstić information content (AvgIpc) is 2.89. The number of halogens is 1. The van der Waals surface area contributed by atoms with Crippen LogP contribution in [0.3, 0.4) is 0 Å². The number of hydrogen-bond donors (Lipinski definition) is 1. The Balaban J connectivity index is 1.61. The molecule has 2 aliphatic rings. The van der Waals surface area contributed by atoms with Crippen LogP contribution >= 0.6 is 11.6 Å². The molecule has 0 bridgehead atoms. The molecule has 0 aromatic heterocycles. The number of nitrogens with zero attached hydrogens (tertiary/aromatic N) is 3. The number of piperazine rings is 1. The van der Waals surface area contributed by atoms with Crippen LogP contribution in [0.1, 0.15) is 0 Å². The second kappa shape index (κ2) is 6.45. The van der Waals surface area contributed by atoms with Crippen LogP contribution in [-0.4, -0.2) is 66.9 Å². The summed E-state index contributed by atoms with van der Waals surface area (Å²) in [5, 5.41) is 3.28. The molecule has 2 aliphatic heterocycles. The van der Waals surface area contributed by atoms with Crippen LogP contribution in [0.15, 0.2) is 24.3 Å². The third kappa shape index (κ3) is 3.39. The maximum Gasteiger partial charge on any atom is 0.325 e. The number of amides is 4. The Hall–Kier alpha value is -2.28. The van der Waals surface area contributed by atoms with Gasteiger partial charge in [-0.25, -0.2) is 4.79 Å². The number of carbonyl (C=O) groups excluding carboxylic acids is 3. The van der Waals surface area contributed by atoms with Gasteiger partial charge < -0.3 is 15.1 Å². The molecule has 8 heteroatoms. The number of hydrogen-bond acceptors (Lipinski definition) is 3. The van der Waals surface area contributed by atoms with E-state index in [1.165, 1.54) is 9.80 Å². The summed E-state index contributed by atoms with van der Waals surface area (Å²) in [6, 6.07) is 6.80. The van der Waals surface area contributed by atoms with Gasteiger partial charge in [0.05, 0.1) is 6.54 Å². The van der Waals surface area contributed by atoms with Crippen molar-refractivity contribution in [1.29, 1.82) is 0 Å². The van der Waals surface area contributed by atoms with E-state index in [9.17, 15) is 14.4 Å². The second-order valence-electron chi connectivity index (χ2n) is 5.50. The highest BCUT2D eigenvalue weighted by Gasteiger charge is 2.32. The van der Waals surface area contributed by atoms with Crippen LogP contribution in [0.4, 0.5) is 10.5 Å². The van der Waals surface area contributed by atoms with Gasteiger partial charge in [0.1, 0.15) is 6.54 Å². The summed E-state index contributed by atoms with van der Waals surface area (Å²) in [6.07, 6.45) is 0. The molecule has 23 heavy (non-hydrogen) atoms. The van der Waals surface area contributed by atoms with Crippen molar-refractivity contribution in [3.05, 3.63) is 29.3 Å². The van der Waals surface area contributed by atoms with Crippen molar-refractivity contribution in [2.45, 2.75) is 0 Å². The Kier molecular flexibility index (Phi) is 4.38. The summed E-state index contributed by atoms with van der Waals surface area (Å²) in [6.45, 7) is 1.99. The molecule has 4 amide bonds. The summed E-state index contributed by atoms with van der Waals surface area (Å²) < 4.78 is 0. The van der Waals surface area contributed by atoms with Crippen molar-refractivity contribution in [3.63, 3.8) is 0 Å². The first-order valence-corrected chi connectivity index (χ1v) is 7.79. The van der Waals surface area contributed by atoms with Crippen molar-refractivity contribution >= 4 is 35.1 Å². The van der Waals surface area contributed by atoms with Gasteiger partial charge in [0.25, 0.3) is 0 Å². The second-order valence-corrected chi connectivity index (χ2v) is 5.93. The van der Waals surface area contributed by atoms with E-state index in [2.05, 4.69) is 5.32 Å². The number of benzene rings is 1. The van der Waals surface area contributed by atoms with Crippen molar-refractivity contribution in [1.82, 2.24) is 15.1 Å². The maximum atomic E-state index is 12.4. The highest BCUT2D eigenvalue weighted by atomic mass is 35.5. The monoisotopic (exact) mass is 336 g/mol. The van der Waals surface area contributed by atoms with Gasteiger partial charge in [-0.2, -0.15) is 0 Å². The summed E-state index contributed by atoms with van der Waals surface area (Å²) in [5.41, 5.74) is 0.756. The fourth-order valence-electron chi connectivity index (χ4n) is 2.70. The van der Waals surface area contributed by atoms with Crippen LogP contribution < -0.4 is 10.2 Å². The van der Waals surface area contributed by atoms with Gasteiger partial charge in [-0.05, 0) is 24.3 Å². The normalized spacial score (nSPS) is 18.4. The van der Waals surface area contributed by atoms with E-state index in [4.69, 9.17) is 11.6 Å². The smallest absolute Gasteiger partial charge is 0.325 e. The zero-order valence-electron chi connectivity index (χ0n) is 12.5. The van der Waals surface area contributed by atoms with Crippen LogP contribution in [0.25, 0.3) is 0 Å².